The third-order valence-corrected chi connectivity index (χ3v) is 3.73. The van der Waals surface area contributed by atoms with Gasteiger partial charge in [0.05, 0.1) is 0 Å². The van der Waals surface area contributed by atoms with Crippen molar-refractivity contribution in [1.29, 1.82) is 0 Å². The minimum absolute atomic E-state index is 0. The van der Waals surface area contributed by atoms with Crippen molar-refractivity contribution in [2.45, 2.75) is 18.7 Å². The van der Waals surface area contributed by atoms with E-state index in [0.717, 1.165) is 0 Å². The minimum atomic E-state index is 0. The van der Waals surface area contributed by atoms with Crippen LogP contribution in [-0.4, -0.2) is 17.2 Å². The summed E-state index contributed by atoms with van der Waals surface area (Å²) in [6, 6.07) is 15.3. The average molecular weight is 290 g/mol. The molecule has 2 aromatic carbocycles. The van der Waals surface area contributed by atoms with Gasteiger partial charge in [-0.1, -0.05) is 36.4 Å². The SMILES string of the molecule is C/C=C/c1ccc(C)c(-c2cccc(SC)c2)c1.O.O. The maximum absolute atomic E-state index is 2.26. The summed E-state index contributed by atoms with van der Waals surface area (Å²) in [6.07, 6.45) is 6.33. The monoisotopic (exact) mass is 290 g/mol. The van der Waals surface area contributed by atoms with Crippen LogP contribution in [-0.2, 0) is 0 Å². The number of thioether (sulfide) groups is 1. The molecule has 0 aliphatic rings. The van der Waals surface area contributed by atoms with Crippen molar-refractivity contribution in [3.8, 4) is 11.1 Å². The first-order valence-corrected chi connectivity index (χ1v) is 7.35. The van der Waals surface area contributed by atoms with Gasteiger partial charge in [-0.2, -0.15) is 0 Å². The highest BCUT2D eigenvalue weighted by Crippen LogP contribution is 2.28. The van der Waals surface area contributed by atoms with Crippen LogP contribution in [0, 0.1) is 6.92 Å². The lowest BCUT2D eigenvalue weighted by molar-refractivity contribution is 0.823. The van der Waals surface area contributed by atoms with Gasteiger partial charge >= 0.3 is 0 Å². The standard InChI is InChI=1S/C17H18S.2H2O/c1-4-6-14-10-9-13(2)17(11-14)15-7-5-8-16(12-15)18-3;;/h4-12H,1-3H3;2*1H2/b6-4+;;. The van der Waals surface area contributed by atoms with Crippen LogP contribution in [0.1, 0.15) is 18.1 Å². The summed E-state index contributed by atoms with van der Waals surface area (Å²) in [5, 5.41) is 0. The van der Waals surface area contributed by atoms with E-state index in [-0.39, 0.29) is 11.0 Å². The van der Waals surface area contributed by atoms with E-state index in [4.69, 9.17) is 0 Å². The Bertz CT molecular complexity index is 577. The van der Waals surface area contributed by atoms with E-state index < -0.39 is 0 Å². The molecule has 2 rings (SSSR count). The molecule has 0 fully saturated rings. The molecule has 108 valence electrons. The molecule has 0 amide bonds. The van der Waals surface area contributed by atoms with Gasteiger partial charge in [-0.3, -0.25) is 0 Å². The van der Waals surface area contributed by atoms with Gasteiger partial charge in [0.15, 0.2) is 0 Å². The first-order chi connectivity index (χ1) is 8.74. The molecule has 20 heavy (non-hydrogen) atoms. The van der Waals surface area contributed by atoms with Crippen molar-refractivity contribution in [3.63, 3.8) is 0 Å². The number of hydrogen-bond donors (Lipinski definition) is 0. The average Bonchev–Trinajstić information content (AvgIpc) is 2.41. The van der Waals surface area contributed by atoms with Crippen molar-refractivity contribution < 1.29 is 11.0 Å². The normalized spacial score (nSPS) is 9.95. The summed E-state index contributed by atoms with van der Waals surface area (Å²) in [7, 11) is 0. The summed E-state index contributed by atoms with van der Waals surface area (Å²) < 4.78 is 0. The molecule has 0 radical (unpaired) electrons. The lowest BCUT2D eigenvalue weighted by Gasteiger charge is -2.09. The predicted octanol–water partition coefficient (Wildman–Crippen LogP) is 3.77. The molecule has 0 aliphatic heterocycles. The number of allylic oxidation sites excluding steroid dienone is 1. The molecule has 0 bridgehead atoms. The summed E-state index contributed by atoms with van der Waals surface area (Å²) in [5.74, 6) is 0. The van der Waals surface area contributed by atoms with E-state index in [2.05, 4.69) is 67.8 Å². The number of rotatable bonds is 3. The summed E-state index contributed by atoms with van der Waals surface area (Å²) in [6.45, 7) is 4.22. The van der Waals surface area contributed by atoms with Gasteiger partial charge in [0.1, 0.15) is 0 Å². The highest BCUT2D eigenvalue weighted by atomic mass is 32.2. The van der Waals surface area contributed by atoms with Crippen molar-refractivity contribution in [1.82, 2.24) is 0 Å². The fourth-order valence-corrected chi connectivity index (χ4v) is 2.50. The predicted molar refractivity (Wildman–Crippen MR) is 90.3 cm³/mol. The van der Waals surface area contributed by atoms with Crippen molar-refractivity contribution in [3.05, 3.63) is 59.7 Å². The molecule has 0 saturated carbocycles. The van der Waals surface area contributed by atoms with Crippen LogP contribution >= 0.6 is 11.8 Å². The Balaban J connectivity index is 0.00000180. The van der Waals surface area contributed by atoms with E-state index in [1.165, 1.54) is 27.1 Å². The van der Waals surface area contributed by atoms with Crippen molar-refractivity contribution in [2.75, 3.05) is 6.26 Å². The van der Waals surface area contributed by atoms with Crippen LogP contribution in [0.15, 0.2) is 53.4 Å². The second kappa shape index (κ2) is 8.59. The van der Waals surface area contributed by atoms with Crippen LogP contribution in [0.4, 0.5) is 0 Å². The molecule has 2 nitrogen and oxygen atoms in total. The Morgan fingerprint density at radius 2 is 1.75 bits per heavy atom. The molecule has 0 saturated heterocycles. The van der Waals surface area contributed by atoms with Crippen LogP contribution in [0.3, 0.4) is 0 Å². The maximum Gasteiger partial charge on any atom is 0.00752 e. The largest absolute Gasteiger partial charge is 0.412 e. The zero-order chi connectivity index (χ0) is 13.0. The number of aryl methyl sites for hydroxylation is 1. The molecule has 0 atom stereocenters. The Morgan fingerprint density at radius 1 is 1.00 bits per heavy atom. The van der Waals surface area contributed by atoms with Crippen LogP contribution in [0.25, 0.3) is 17.2 Å². The first-order valence-electron chi connectivity index (χ1n) is 6.12. The van der Waals surface area contributed by atoms with Crippen molar-refractivity contribution >= 4 is 17.8 Å². The van der Waals surface area contributed by atoms with Crippen LogP contribution in [0.5, 0.6) is 0 Å². The second-order valence-electron chi connectivity index (χ2n) is 4.31. The highest BCUT2D eigenvalue weighted by Gasteiger charge is 2.03. The van der Waals surface area contributed by atoms with Crippen LogP contribution < -0.4 is 0 Å². The highest BCUT2D eigenvalue weighted by molar-refractivity contribution is 7.98. The topological polar surface area (TPSA) is 63.0 Å². The summed E-state index contributed by atoms with van der Waals surface area (Å²) in [4.78, 5) is 1.31. The van der Waals surface area contributed by atoms with Crippen molar-refractivity contribution in [2.24, 2.45) is 0 Å². The number of hydrogen-bond acceptors (Lipinski definition) is 1. The Labute approximate surface area is 125 Å². The first kappa shape index (κ1) is 18.4. The van der Waals surface area contributed by atoms with Gasteiger partial charge in [0, 0.05) is 4.90 Å². The Kier molecular flexibility index (Phi) is 7.92. The van der Waals surface area contributed by atoms with Gasteiger partial charge in [0.25, 0.3) is 0 Å². The molecule has 4 N–H and O–H groups in total. The van der Waals surface area contributed by atoms with E-state index in [0.29, 0.717) is 0 Å². The Hall–Kier alpha value is -1.55. The molecule has 0 spiro atoms. The fraction of sp³-hybridized carbons (Fsp3) is 0.176. The maximum atomic E-state index is 2.26. The number of benzene rings is 2. The van der Waals surface area contributed by atoms with Gasteiger partial charge in [-0.25, -0.2) is 0 Å². The lowest BCUT2D eigenvalue weighted by Crippen LogP contribution is -1.85. The van der Waals surface area contributed by atoms with Gasteiger partial charge in [0.2, 0.25) is 0 Å². The molecule has 0 aromatic heterocycles. The smallest absolute Gasteiger partial charge is 0.00752 e. The van der Waals surface area contributed by atoms with Gasteiger partial charge in [-0.15, -0.1) is 11.8 Å². The van der Waals surface area contributed by atoms with E-state index in [1.54, 1.807) is 11.8 Å². The molecule has 0 heterocycles. The van der Waals surface area contributed by atoms with E-state index >= 15 is 0 Å². The van der Waals surface area contributed by atoms with Gasteiger partial charge < -0.3 is 11.0 Å². The molecule has 0 aliphatic carbocycles. The fourth-order valence-electron chi connectivity index (χ4n) is 2.04. The summed E-state index contributed by atoms with van der Waals surface area (Å²) >= 11 is 1.78. The summed E-state index contributed by atoms with van der Waals surface area (Å²) in [5.41, 5.74) is 5.20. The second-order valence-corrected chi connectivity index (χ2v) is 5.19. The minimum Gasteiger partial charge on any atom is -0.412 e. The van der Waals surface area contributed by atoms with Crippen LogP contribution in [0.2, 0.25) is 0 Å². The quantitative estimate of drug-likeness (QED) is 0.794. The lowest BCUT2D eigenvalue weighted by atomic mass is 9.98. The van der Waals surface area contributed by atoms with E-state index in [9.17, 15) is 0 Å². The molecular weight excluding hydrogens is 268 g/mol. The third-order valence-electron chi connectivity index (χ3n) is 3.00. The van der Waals surface area contributed by atoms with E-state index in [1.807, 2.05) is 6.92 Å². The molecule has 2 aromatic rings. The molecule has 0 unspecified atom stereocenters. The molecule has 3 heteroatoms. The third kappa shape index (κ3) is 4.23. The Morgan fingerprint density at radius 3 is 2.40 bits per heavy atom. The molecular formula is C17H22O2S. The zero-order valence-electron chi connectivity index (χ0n) is 12.1. The zero-order valence-corrected chi connectivity index (χ0v) is 12.9. The van der Waals surface area contributed by atoms with Gasteiger partial charge in [-0.05, 0) is 60.6 Å².